The highest BCUT2D eigenvalue weighted by molar-refractivity contribution is 6.31. The average Bonchev–Trinajstić information content (AvgIpc) is 3.46. The number of ether oxygens (including phenoxy) is 2. The molecule has 0 fully saturated rings. The standard InChI is InChI=1S/C32H30ClNO6/c1-17(2)19-6-10-23(11-7-19)34-28(20-8-12-24(13-9-20)39-18(3)4)27(30(36)32(34)37)29(35)25-15-21-14-22(33)16-26(38-5)31(21)40-25/h6-18,28,36H,1-5H3. The number of aliphatic hydroxyl groups is 1. The maximum Gasteiger partial charge on any atom is 0.294 e. The maximum absolute atomic E-state index is 14.0. The summed E-state index contributed by atoms with van der Waals surface area (Å²) in [6.07, 6.45) is -0.0189. The van der Waals surface area contributed by atoms with Crippen molar-refractivity contribution in [3.8, 4) is 11.5 Å². The van der Waals surface area contributed by atoms with Gasteiger partial charge in [-0.2, -0.15) is 0 Å². The van der Waals surface area contributed by atoms with Gasteiger partial charge in [-0.15, -0.1) is 0 Å². The van der Waals surface area contributed by atoms with E-state index < -0.39 is 23.5 Å². The number of Topliss-reactive ketones (excluding diaryl/α,β-unsaturated/α-hetero) is 1. The van der Waals surface area contributed by atoms with Crippen LogP contribution in [0.25, 0.3) is 11.0 Å². The molecule has 0 radical (unpaired) electrons. The van der Waals surface area contributed by atoms with Gasteiger partial charge in [0.25, 0.3) is 5.91 Å². The molecule has 1 aliphatic heterocycles. The van der Waals surface area contributed by atoms with Gasteiger partial charge in [0, 0.05) is 22.2 Å². The summed E-state index contributed by atoms with van der Waals surface area (Å²) >= 11 is 6.21. The number of rotatable bonds is 8. The van der Waals surface area contributed by atoms with E-state index in [9.17, 15) is 14.7 Å². The number of fused-ring (bicyclic) bond motifs is 1. The Morgan fingerprint density at radius 2 is 1.68 bits per heavy atom. The Kier molecular flexibility index (Phi) is 7.34. The van der Waals surface area contributed by atoms with Crippen LogP contribution in [0.1, 0.15) is 61.3 Å². The van der Waals surface area contributed by atoms with Gasteiger partial charge < -0.3 is 19.0 Å². The molecule has 1 amide bonds. The molecule has 0 bridgehead atoms. The lowest BCUT2D eigenvalue weighted by Crippen LogP contribution is -2.31. The van der Waals surface area contributed by atoms with Gasteiger partial charge in [-0.3, -0.25) is 14.5 Å². The van der Waals surface area contributed by atoms with Crippen molar-refractivity contribution < 1.29 is 28.6 Å². The molecule has 8 heteroatoms. The highest BCUT2D eigenvalue weighted by atomic mass is 35.5. The zero-order valence-corrected chi connectivity index (χ0v) is 23.7. The Balaban J connectivity index is 1.62. The van der Waals surface area contributed by atoms with Gasteiger partial charge >= 0.3 is 0 Å². The molecule has 0 aliphatic carbocycles. The van der Waals surface area contributed by atoms with Crippen LogP contribution in [0, 0.1) is 0 Å². The van der Waals surface area contributed by atoms with E-state index in [0.29, 0.717) is 44.7 Å². The first-order valence-corrected chi connectivity index (χ1v) is 13.4. The minimum absolute atomic E-state index is 0.0189. The smallest absolute Gasteiger partial charge is 0.294 e. The average molecular weight is 560 g/mol. The van der Waals surface area contributed by atoms with E-state index in [1.54, 1.807) is 36.4 Å². The summed E-state index contributed by atoms with van der Waals surface area (Å²) in [5, 5.41) is 12.1. The van der Waals surface area contributed by atoms with Crippen LogP contribution in [-0.4, -0.2) is 30.0 Å². The second-order valence-corrected chi connectivity index (χ2v) is 10.7. The van der Waals surface area contributed by atoms with Crippen molar-refractivity contribution in [2.24, 2.45) is 0 Å². The number of hydrogen-bond donors (Lipinski definition) is 1. The summed E-state index contributed by atoms with van der Waals surface area (Å²) < 4.78 is 17.1. The highest BCUT2D eigenvalue weighted by Crippen LogP contribution is 2.43. The number of benzene rings is 3. The number of methoxy groups -OCH3 is 1. The molecule has 40 heavy (non-hydrogen) atoms. The third-order valence-electron chi connectivity index (χ3n) is 6.85. The van der Waals surface area contributed by atoms with Crippen LogP contribution in [0.15, 0.2) is 82.5 Å². The fraction of sp³-hybridized carbons (Fsp3) is 0.250. The molecule has 1 atom stereocenters. The van der Waals surface area contributed by atoms with Crippen molar-refractivity contribution >= 4 is 39.9 Å². The van der Waals surface area contributed by atoms with Gasteiger partial charge in [-0.05, 0) is 67.3 Å². The van der Waals surface area contributed by atoms with E-state index >= 15 is 0 Å². The Morgan fingerprint density at radius 1 is 1.00 bits per heavy atom. The third-order valence-corrected chi connectivity index (χ3v) is 7.07. The number of nitrogens with zero attached hydrogens (tertiary/aromatic N) is 1. The predicted octanol–water partition coefficient (Wildman–Crippen LogP) is 7.79. The van der Waals surface area contributed by atoms with E-state index in [4.69, 9.17) is 25.5 Å². The molecule has 1 unspecified atom stereocenters. The lowest BCUT2D eigenvalue weighted by molar-refractivity contribution is -0.117. The topological polar surface area (TPSA) is 89.2 Å². The summed E-state index contributed by atoms with van der Waals surface area (Å²) in [5.74, 6) is -0.652. The number of carbonyl (C=O) groups excluding carboxylic acids is 2. The second-order valence-electron chi connectivity index (χ2n) is 10.3. The number of furan rings is 1. The van der Waals surface area contributed by atoms with Crippen molar-refractivity contribution in [2.45, 2.75) is 45.8 Å². The van der Waals surface area contributed by atoms with E-state index in [-0.39, 0.29) is 17.4 Å². The molecule has 7 nitrogen and oxygen atoms in total. The van der Waals surface area contributed by atoms with Gasteiger partial charge in [-0.1, -0.05) is 49.7 Å². The molecule has 0 saturated heterocycles. The van der Waals surface area contributed by atoms with E-state index in [2.05, 4.69) is 13.8 Å². The fourth-order valence-electron chi connectivity index (χ4n) is 4.92. The Hall–Kier alpha value is -4.23. The number of anilines is 1. The van der Waals surface area contributed by atoms with E-state index in [1.165, 1.54) is 18.1 Å². The van der Waals surface area contributed by atoms with Crippen molar-refractivity contribution in [3.05, 3.63) is 100.0 Å². The monoisotopic (exact) mass is 559 g/mol. The normalized spacial score (nSPS) is 15.6. The lowest BCUT2D eigenvalue weighted by Gasteiger charge is -2.27. The number of hydrogen-bond acceptors (Lipinski definition) is 6. The highest BCUT2D eigenvalue weighted by Gasteiger charge is 2.45. The largest absolute Gasteiger partial charge is 0.503 e. The van der Waals surface area contributed by atoms with Gasteiger partial charge in [0.2, 0.25) is 5.78 Å². The zero-order valence-electron chi connectivity index (χ0n) is 22.9. The first-order valence-electron chi connectivity index (χ1n) is 13.0. The molecule has 1 aromatic heterocycles. The van der Waals surface area contributed by atoms with Gasteiger partial charge in [0.05, 0.1) is 24.8 Å². The first-order chi connectivity index (χ1) is 19.1. The lowest BCUT2D eigenvalue weighted by atomic mass is 9.94. The molecule has 2 heterocycles. The summed E-state index contributed by atoms with van der Waals surface area (Å²) in [6.45, 7) is 8.02. The van der Waals surface area contributed by atoms with Crippen molar-refractivity contribution in [2.75, 3.05) is 12.0 Å². The van der Waals surface area contributed by atoms with Crippen LogP contribution in [0.5, 0.6) is 11.5 Å². The van der Waals surface area contributed by atoms with Crippen molar-refractivity contribution in [1.82, 2.24) is 0 Å². The molecular formula is C32H30ClNO6. The van der Waals surface area contributed by atoms with Gasteiger partial charge in [0.1, 0.15) is 5.75 Å². The molecular weight excluding hydrogens is 530 g/mol. The third kappa shape index (κ3) is 4.93. The van der Waals surface area contributed by atoms with Gasteiger partial charge in [0.15, 0.2) is 22.9 Å². The van der Waals surface area contributed by atoms with Crippen LogP contribution in [0.3, 0.4) is 0 Å². The van der Waals surface area contributed by atoms with Crippen LogP contribution in [0.4, 0.5) is 5.69 Å². The maximum atomic E-state index is 14.0. The second kappa shape index (κ2) is 10.7. The van der Waals surface area contributed by atoms with E-state index in [1.807, 2.05) is 38.1 Å². The molecule has 5 rings (SSSR count). The number of halogens is 1. The Morgan fingerprint density at radius 3 is 2.27 bits per heavy atom. The minimum atomic E-state index is -0.906. The summed E-state index contributed by atoms with van der Waals surface area (Å²) in [5.41, 5.74) is 2.54. The number of aliphatic hydroxyl groups excluding tert-OH is 1. The predicted molar refractivity (Wildman–Crippen MR) is 155 cm³/mol. The molecule has 1 aliphatic rings. The zero-order chi connectivity index (χ0) is 28.7. The first kappa shape index (κ1) is 27.3. The Bertz CT molecular complexity index is 1620. The number of amides is 1. The van der Waals surface area contributed by atoms with Crippen LogP contribution < -0.4 is 14.4 Å². The Labute approximate surface area is 237 Å². The summed E-state index contributed by atoms with van der Waals surface area (Å²) in [4.78, 5) is 29.0. The molecule has 206 valence electrons. The molecule has 3 aromatic carbocycles. The number of carbonyl (C=O) groups is 2. The number of ketones is 1. The van der Waals surface area contributed by atoms with Crippen molar-refractivity contribution in [1.29, 1.82) is 0 Å². The molecule has 4 aromatic rings. The van der Waals surface area contributed by atoms with Crippen LogP contribution >= 0.6 is 11.6 Å². The minimum Gasteiger partial charge on any atom is -0.503 e. The molecule has 1 N–H and O–H groups in total. The quantitative estimate of drug-likeness (QED) is 0.222. The van der Waals surface area contributed by atoms with Crippen molar-refractivity contribution in [3.63, 3.8) is 0 Å². The van der Waals surface area contributed by atoms with E-state index in [0.717, 1.165) is 5.56 Å². The van der Waals surface area contributed by atoms with Crippen LogP contribution in [-0.2, 0) is 4.79 Å². The molecule has 0 spiro atoms. The van der Waals surface area contributed by atoms with Gasteiger partial charge in [-0.25, -0.2) is 0 Å². The fourth-order valence-corrected chi connectivity index (χ4v) is 5.14. The molecule has 0 saturated carbocycles. The SMILES string of the molecule is COc1cc(Cl)cc2cc(C(=O)C3=C(O)C(=O)N(c4ccc(C(C)C)cc4)C3c3ccc(OC(C)C)cc3)oc12. The van der Waals surface area contributed by atoms with Crippen LogP contribution in [0.2, 0.25) is 5.02 Å². The summed E-state index contributed by atoms with van der Waals surface area (Å²) in [7, 11) is 1.48. The summed E-state index contributed by atoms with van der Waals surface area (Å²) in [6, 6.07) is 18.5.